The van der Waals surface area contributed by atoms with Crippen molar-refractivity contribution in [1.29, 1.82) is 0 Å². The highest BCUT2D eigenvalue weighted by molar-refractivity contribution is 9.10. The maximum absolute atomic E-state index is 3.55. The number of halogens is 1. The Morgan fingerprint density at radius 1 is 1.40 bits per heavy atom. The molecule has 0 amide bonds. The van der Waals surface area contributed by atoms with E-state index in [-0.39, 0.29) is 0 Å². The Balaban J connectivity index is 2.20. The van der Waals surface area contributed by atoms with E-state index >= 15 is 0 Å². The van der Waals surface area contributed by atoms with Gasteiger partial charge in [0.05, 0.1) is 5.52 Å². The van der Waals surface area contributed by atoms with Gasteiger partial charge in [-0.05, 0) is 54.5 Å². The van der Waals surface area contributed by atoms with Crippen molar-refractivity contribution in [3.63, 3.8) is 0 Å². The fourth-order valence-electron chi connectivity index (χ4n) is 1.77. The van der Waals surface area contributed by atoms with Crippen molar-refractivity contribution in [2.75, 3.05) is 13.6 Å². The van der Waals surface area contributed by atoms with E-state index < -0.39 is 0 Å². The first-order valence-electron chi connectivity index (χ1n) is 5.22. The number of para-hydroxylation sites is 1. The number of nitrogens with one attached hydrogen (secondary N) is 2. The molecule has 0 spiro atoms. The standard InChI is InChI=1S/C12H15BrN2/c1-14-7-3-5-10-8-9-4-2-6-11(13)12(9)15-10/h2,4,6,8,14-15H,3,5,7H2,1H3. The molecule has 1 aromatic carbocycles. The van der Waals surface area contributed by atoms with Gasteiger partial charge in [0.1, 0.15) is 0 Å². The van der Waals surface area contributed by atoms with Crippen LogP contribution in [0.5, 0.6) is 0 Å². The van der Waals surface area contributed by atoms with Crippen LogP contribution in [-0.4, -0.2) is 18.6 Å². The van der Waals surface area contributed by atoms with Gasteiger partial charge in [0.25, 0.3) is 0 Å². The Kier molecular flexibility index (Phi) is 3.44. The van der Waals surface area contributed by atoms with Gasteiger partial charge >= 0.3 is 0 Å². The number of H-pyrrole nitrogens is 1. The molecule has 0 fully saturated rings. The Labute approximate surface area is 98.2 Å². The zero-order chi connectivity index (χ0) is 10.7. The average Bonchev–Trinajstić information content (AvgIpc) is 2.63. The predicted molar refractivity (Wildman–Crippen MR) is 68.2 cm³/mol. The van der Waals surface area contributed by atoms with Crippen molar-refractivity contribution < 1.29 is 0 Å². The normalized spacial score (nSPS) is 11.1. The number of hydrogen-bond acceptors (Lipinski definition) is 1. The zero-order valence-electron chi connectivity index (χ0n) is 8.81. The van der Waals surface area contributed by atoms with Gasteiger partial charge in [-0.1, -0.05) is 12.1 Å². The molecule has 0 aliphatic carbocycles. The minimum atomic E-state index is 1.07. The van der Waals surface area contributed by atoms with Crippen LogP contribution >= 0.6 is 15.9 Å². The number of aromatic amines is 1. The highest BCUT2D eigenvalue weighted by Gasteiger charge is 2.02. The van der Waals surface area contributed by atoms with E-state index in [4.69, 9.17) is 0 Å². The van der Waals surface area contributed by atoms with Crippen LogP contribution in [0.25, 0.3) is 10.9 Å². The second-order valence-corrected chi connectivity index (χ2v) is 4.56. The number of aryl methyl sites for hydroxylation is 1. The smallest absolute Gasteiger partial charge is 0.0600 e. The van der Waals surface area contributed by atoms with Crippen LogP contribution in [0.15, 0.2) is 28.7 Å². The van der Waals surface area contributed by atoms with E-state index in [0.29, 0.717) is 0 Å². The number of hydrogen-bond donors (Lipinski definition) is 2. The molecule has 1 aromatic heterocycles. The third-order valence-electron chi connectivity index (χ3n) is 2.53. The number of aromatic nitrogens is 1. The molecule has 80 valence electrons. The summed E-state index contributed by atoms with van der Waals surface area (Å²) in [6, 6.07) is 8.50. The largest absolute Gasteiger partial charge is 0.357 e. The van der Waals surface area contributed by atoms with Crippen molar-refractivity contribution in [2.24, 2.45) is 0 Å². The Hall–Kier alpha value is -0.800. The van der Waals surface area contributed by atoms with Gasteiger partial charge in [0, 0.05) is 15.6 Å². The Morgan fingerprint density at radius 3 is 3.00 bits per heavy atom. The molecule has 0 saturated carbocycles. The SMILES string of the molecule is CNCCCc1cc2cccc(Br)c2[nH]1. The van der Waals surface area contributed by atoms with Crippen LogP contribution in [0.4, 0.5) is 0 Å². The van der Waals surface area contributed by atoms with Gasteiger partial charge in [-0.25, -0.2) is 0 Å². The quantitative estimate of drug-likeness (QED) is 0.818. The van der Waals surface area contributed by atoms with Crippen LogP contribution < -0.4 is 5.32 Å². The molecule has 0 bridgehead atoms. The molecule has 3 heteroatoms. The van der Waals surface area contributed by atoms with Crippen molar-refractivity contribution >= 4 is 26.8 Å². The summed E-state index contributed by atoms with van der Waals surface area (Å²) in [7, 11) is 1.99. The molecule has 2 nitrogen and oxygen atoms in total. The summed E-state index contributed by atoms with van der Waals surface area (Å²) in [5, 5.41) is 4.44. The summed E-state index contributed by atoms with van der Waals surface area (Å²) >= 11 is 3.55. The molecular formula is C12H15BrN2. The second-order valence-electron chi connectivity index (χ2n) is 3.71. The zero-order valence-corrected chi connectivity index (χ0v) is 10.4. The van der Waals surface area contributed by atoms with Gasteiger partial charge in [0.15, 0.2) is 0 Å². The number of fused-ring (bicyclic) bond motifs is 1. The van der Waals surface area contributed by atoms with E-state index in [1.807, 2.05) is 7.05 Å². The molecule has 1 heterocycles. The number of benzene rings is 1. The summed E-state index contributed by atoms with van der Waals surface area (Å²) in [5.41, 5.74) is 2.52. The Morgan fingerprint density at radius 2 is 2.27 bits per heavy atom. The molecule has 15 heavy (non-hydrogen) atoms. The monoisotopic (exact) mass is 266 g/mol. The maximum Gasteiger partial charge on any atom is 0.0600 e. The Bertz CT molecular complexity index is 448. The fraction of sp³-hybridized carbons (Fsp3) is 0.333. The lowest BCUT2D eigenvalue weighted by atomic mass is 10.2. The van der Waals surface area contributed by atoms with E-state index in [1.165, 1.54) is 23.0 Å². The first kappa shape index (κ1) is 10.7. The molecule has 0 aliphatic heterocycles. The molecule has 0 saturated heterocycles. The average molecular weight is 267 g/mol. The van der Waals surface area contributed by atoms with Gasteiger partial charge in [-0.3, -0.25) is 0 Å². The third-order valence-corrected chi connectivity index (χ3v) is 3.19. The third kappa shape index (κ3) is 2.41. The van der Waals surface area contributed by atoms with Crippen molar-refractivity contribution in [2.45, 2.75) is 12.8 Å². The second kappa shape index (κ2) is 4.81. The minimum absolute atomic E-state index is 1.07. The van der Waals surface area contributed by atoms with Crippen LogP contribution in [0.1, 0.15) is 12.1 Å². The van der Waals surface area contributed by atoms with Crippen molar-refractivity contribution in [1.82, 2.24) is 10.3 Å². The van der Waals surface area contributed by atoms with Crippen molar-refractivity contribution in [3.8, 4) is 0 Å². The van der Waals surface area contributed by atoms with Crippen molar-refractivity contribution in [3.05, 3.63) is 34.4 Å². The molecule has 2 N–H and O–H groups in total. The maximum atomic E-state index is 3.55. The molecule has 2 rings (SSSR count). The highest BCUT2D eigenvalue weighted by Crippen LogP contribution is 2.24. The number of rotatable bonds is 4. The van der Waals surface area contributed by atoms with Gasteiger partial charge in [-0.2, -0.15) is 0 Å². The van der Waals surface area contributed by atoms with Gasteiger partial charge < -0.3 is 10.3 Å². The van der Waals surface area contributed by atoms with Crippen LogP contribution in [-0.2, 0) is 6.42 Å². The lowest BCUT2D eigenvalue weighted by Gasteiger charge is -1.97. The summed E-state index contributed by atoms with van der Waals surface area (Å²) in [6.07, 6.45) is 2.27. The summed E-state index contributed by atoms with van der Waals surface area (Å²) in [4.78, 5) is 3.45. The minimum Gasteiger partial charge on any atom is -0.357 e. The van der Waals surface area contributed by atoms with E-state index in [1.54, 1.807) is 0 Å². The summed E-state index contributed by atoms with van der Waals surface area (Å²) in [5.74, 6) is 0. The molecular weight excluding hydrogens is 252 g/mol. The lowest BCUT2D eigenvalue weighted by Crippen LogP contribution is -2.08. The fourth-order valence-corrected chi connectivity index (χ4v) is 2.25. The van der Waals surface area contributed by atoms with Gasteiger partial charge in [0.2, 0.25) is 0 Å². The summed E-state index contributed by atoms with van der Waals surface area (Å²) in [6.45, 7) is 1.07. The highest BCUT2D eigenvalue weighted by atomic mass is 79.9. The molecule has 0 atom stereocenters. The van der Waals surface area contributed by atoms with Crippen LogP contribution in [0.2, 0.25) is 0 Å². The predicted octanol–water partition coefficient (Wildman–Crippen LogP) is 3.08. The summed E-state index contributed by atoms with van der Waals surface area (Å²) < 4.78 is 1.14. The molecule has 0 unspecified atom stereocenters. The van der Waals surface area contributed by atoms with E-state index in [0.717, 1.165) is 17.4 Å². The van der Waals surface area contributed by atoms with E-state index in [2.05, 4.69) is 50.5 Å². The van der Waals surface area contributed by atoms with Crippen LogP contribution in [0.3, 0.4) is 0 Å². The first-order chi connectivity index (χ1) is 7.31. The molecule has 0 radical (unpaired) electrons. The molecule has 2 aromatic rings. The topological polar surface area (TPSA) is 27.8 Å². The molecule has 0 aliphatic rings. The van der Waals surface area contributed by atoms with E-state index in [9.17, 15) is 0 Å². The van der Waals surface area contributed by atoms with Crippen LogP contribution in [0, 0.1) is 0 Å². The van der Waals surface area contributed by atoms with Gasteiger partial charge in [-0.15, -0.1) is 0 Å². The first-order valence-corrected chi connectivity index (χ1v) is 6.01. The lowest BCUT2D eigenvalue weighted by molar-refractivity contribution is 0.718.